The third-order valence-electron chi connectivity index (χ3n) is 10.6. The summed E-state index contributed by atoms with van der Waals surface area (Å²) in [6.07, 6.45) is 0. The first-order valence-electron chi connectivity index (χ1n) is 18.0. The largest absolute Gasteiger partial charge is 0.455 e. The number of nitrogens with zero attached hydrogens (tertiary/aromatic N) is 1. The maximum atomic E-state index is 6.56. The van der Waals surface area contributed by atoms with Crippen LogP contribution in [0.1, 0.15) is 0 Å². The number of rotatable bonds is 5. The molecular weight excluding hydrogens is 663 g/mol. The molecule has 2 nitrogen and oxygen atoms in total. The molecule has 0 aliphatic rings. The summed E-state index contributed by atoms with van der Waals surface area (Å²) in [5.74, 6) is 0. The standard InChI is InChI=1S/C50H31NOS/c1-3-11-33(12-4-1)42-31-46-43-27-36(21-25-47(43)52-50(46)41-18-10-9-17-40(41)42)32-19-22-38(23-20-32)51(37-15-5-2-6-16-37)39-24-26-48-45(30-39)44-28-34-13-7-8-14-35(34)29-49(44)53-48/h1-31H. The molecule has 11 aromatic rings. The fourth-order valence-corrected chi connectivity index (χ4v) is 9.17. The van der Waals surface area contributed by atoms with Crippen molar-refractivity contribution in [3.63, 3.8) is 0 Å². The van der Waals surface area contributed by atoms with E-state index in [9.17, 15) is 0 Å². The first kappa shape index (κ1) is 30.0. The van der Waals surface area contributed by atoms with Crippen LogP contribution in [0.2, 0.25) is 0 Å². The molecule has 0 fully saturated rings. The van der Waals surface area contributed by atoms with Gasteiger partial charge in [-0.25, -0.2) is 0 Å². The second-order valence-electron chi connectivity index (χ2n) is 13.7. The zero-order valence-corrected chi connectivity index (χ0v) is 29.5. The van der Waals surface area contributed by atoms with E-state index in [1.165, 1.54) is 47.5 Å². The summed E-state index contributed by atoms with van der Waals surface area (Å²) >= 11 is 1.86. The molecule has 0 N–H and O–H groups in total. The van der Waals surface area contributed by atoms with Gasteiger partial charge in [0.2, 0.25) is 0 Å². The van der Waals surface area contributed by atoms with E-state index >= 15 is 0 Å². The average Bonchev–Trinajstić information content (AvgIpc) is 3.78. The Bertz CT molecular complexity index is 3160. The van der Waals surface area contributed by atoms with E-state index in [-0.39, 0.29) is 0 Å². The fraction of sp³-hybridized carbons (Fsp3) is 0. The molecule has 9 aromatic carbocycles. The maximum absolute atomic E-state index is 6.56. The van der Waals surface area contributed by atoms with Crippen molar-refractivity contribution in [2.75, 3.05) is 4.90 Å². The molecule has 2 aromatic heterocycles. The Kier molecular flexibility index (Phi) is 6.76. The predicted molar refractivity (Wildman–Crippen MR) is 227 cm³/mol. The zero-order chi connectivity index (χ0) is 34.9. The molecule has 0 amide bonds. The van der Waals surface area contributed by atoms with E-state index in [0.717, 1.165) is 55.5 Å². The normalized spacial score (nSPS) is 11.8. The molecule has 53 heavy (non-hydrogen) atoms. The van der Waals surface area contributed by atoms with E-state index in [1.807, 2.05) is 11.3 Å². The molecule has 0 saturated carbocycles. The first-order valence-corrected chi connectivity index (χ1v) is 18.8. The van der Waals surface area contributed by atoms with Crippen LogP contribution in [0, 0.1) is 0 Å². The van der Waals surface area contributed by atoms with Gasteiger partial charge in [-0.05, 0) is 111 Å². The van der Waals surface area contributed by atoms with E-state index in [1.54, 1.807) is 0 Å². The maximum Gasteiger partial charge on any atom is 0.143 e. The van der Waals surface area contributed by atoms with Gasteiger partial charge in [0.25, 0.3) is 0 Å². The number of anilines is 3. The number of furan rings is 1. The lowest BCUT2D eigenvalue weighted by molar-refractivity contribution is 0.673. The highest BCUT2D eigenvalue weighted by molar-refractivity contribution is 7.25. The Morgan fingerprint density at radius 3 is 1.81 bits per heavy atom. The van der Waals surface area contributed by atoms with Crippen molar-refractivity contribution in [2.24, 2.45) is 0 Å². The van der Waals surface area contributed by atoms with E-state index in [2.05, 4.69) is 193 Å². The molecule has 248 valence electrons. The molecule has 0 atom stereocenters. The highest BCUT2D eigenvalue weighted by Crippen LogP contribution is 2.43. The first-order chi connectivity index (χ1) is 26.2. The second-order valence-corrected chi connectivity index (χ2v) is 14.8. The molecule has 0 aliphatic carbocycles. The number of hydrogen-bond acceptors (Lipinski definition) is 3. The summed E-state index contributed by atoms with van der Waals surface area (Å²) in [5.41, 5.74) is 9.94. The number of fused-ring (bicyclic) bond motifs is 9. The lowest BCUT2D eigenvalue weighted by atomic mass is 9.95. The highest BCUT2D eigenvalue weighted by Gasteiger charge is 2.18. The smallest absolute Gasteiger partial charge is 0.143 e. The van der Waals surface area contributed by atoms with Gasteiger partial charge in [-0.1, -0.05) is 115 Å². The van der Waals surface area contributed by atoms with Crippen LogP contribution in [0.4, 0.5) is 17.1 Å². The molecule has 0 aliphatic heterocycles. The molecule has 2 heterocycles. The van der Waals surface area contributed by atoms with E-state index < -0.39 is 0 Å². The molecule has 0 radical (unpaired) electrons. The van der Waals surface area contributed by atoms with Gasteiger partial charge in [0.05, 0.1) is 0 Å². The van der Waals surface area contributed by atoms with Gasteiger partial charge in [-0.15, -0.1) is 11.3 Å². The number of benzene rings is 9. The van der Waals surface area contributed by atoms with Crippen LogP contribution in [-0.2, 0) is 0 Å². The Hall–Kier alpha value is -6.68. The minimum Gasteiger partial charge on any atom is -0.455 e. The van der Waals surface area contributed by atoms with Crippen molar-refractivity contribution in [3.8, 4) is 22.3 Å². The second kappa shape index (κ2) is 11.9. The van der Waals surface area contributed by atoms with Crippen LogP contribution < -0.4 is 4.90 Å². The quantitative estimate of drug-likeness (QED) is 0.178. The molecule has 0 saturated heterocycles. The molecule has 3 heteroatoms. The molecule has 0 unspecified atom stereocenters. The van der Waals surface area contributed by atoms with Crippen molar-refractivity contribution in [1.29, 1.82) is 0 Å². The van der Waals surface area contributed by atoms with Gasteiger partial charge in [0, 0.05) is 53.4 Å². The van der Waals surface area contributed by atoms with Crippen molar-refractivity contribution >= 4 is 92.1 Å². The van der Waals surface area contributed by atoms with E-state index in [4.69, 9.17) is 4.42 Å². The van der Waals surface area contributed by atoms with E-state index in [0.29, 0.717) is 0 Å². The summed E-state index contributed by atoms with van der Waals surface area (Å²) in [4.78, 5) is 2.36. The summed E-state index contributed by atoms with van der Waals surface area (Å²) in [7, 11) is 0. The third-order valence-corrected chi connectivity index (χ3v) is 11.7. The van der Waals surface area contributed by atoms with Crippen LogP contribution in [0.5, 0.6) is 0 Å². The van der Waals surface area contributed by atoms with Gasteiger partial charge in [0.1, 0.15) is 11.2 Å². The predicted octanol–water partition coefficient (Wildman–Crippen LogP) is 15.1. The number of para-hydroxylation sites is 1. The summed E-state index contributed by atoms with van der Waals surface area (Å²) < 4.78 is 9.18. The Morgan fingerprint density at radius 2 is 1.00 bits per heavy atom. The zero-order valence-electron chi connectivity index (χ0n) is 28.7. The number of hydrogen-bond donors (Lipinski definition) is 0. The lowest BCUT2D eigenvalue weighted by Gasteiger charge is -2.26. The van der Waals surface area contributed by atoms with Crippen LogP contribution >= 0.6 is 11.3 Å². The average molecular weight is 694 g/mol. The van der Waals surface area contributed by atoms with Crippen LogP contribution in [0.3, 0.4) is 0 Å². The van der Waals surface area contributed by atoms with Gasteiger partial charge >= 0.3 is 0 Å². The molecule has 11 rings (SSSR count). The monoisotopic (exact) mass is 693 g/mol. The van der Waals surface area contributed by atoms with Gasteiger partial charge in [-0.3, -0.25) is 0 Å². The topological polar surface area (TPSA) is 16.4 Å². The Morgan fingerprint density at radius 1 is 0.358 bits per heavy atom. The summed E-state index contributed by atoms with van der Waals surface area (Å²) in [6, 6.07) is 67.9. The van der Waals surface area contributed by atoms with Crippen molar-refractivity contribution < 1.29 is 4.42 Å². The van der Waals surface area contributed by atoms with Crippen molar-refractivity contribution in [3.05, 3.63) is 188 Å². The van der Waals surface area contributed by atoms with Gasteiger partial charge < -0.3 is 9.32 Å². The summed E-state index contributed by atoms with van der Waals surface area (Å²) in [6.45, 7) is 0. The minimum absolute atomic E-state index is 0.898. The third kappa shape index (κ3) is 4.93. The number of thiophene rings is 1. The molecule has 0 bridgehead atoms. The molecular formula is C50H31NOS. The van der Waals surface area contributed by atoms with Crippen LogP contribution in [0.25, 0.3) is 85.9 Å². The van der Waals surface area contributed by atoms with Crippen molar-refractivity contribution in [1.82, 2.24) is 0 Å². The van der Waals surface area contributed by atoms with Crippen LogP contribution in [-0.4, -0.2) is 0 Å². The Labute approximate surface area is 310 Å². The summed E-state index contributed by atoms with van der Waals surface area (Å²) in [5, 5.41) is 9.73. The SMILES string of the molecule is c1ccc(-c2cc3c4cc(-c5ccc(N(c6ccccc6)c6ccc7sc8cc9ccccc9cc8c7c6)cc5)ccc4oc3c3ccccc23)cc1. The van der Waals surface area contributed by atoms with Crippen LogP contribution in [0.15, 0.2) is 192 Å². The van der Waals surface area contributed by atoms with Crippen molar-refractivity contribution in [2.45, 2.75) is 0 Å². The fourth-order valence-electron chi connectivity index (χ4n) is 8.05. The molecule has 0 spiro atoms. The highest BCUT2D eigenvalue weighted by atomic mass is 32.1. The van der Waals surface area contributed by atoms with Gasteiger partial charge in [0.15, 0.2) is 0 Å². The lowest BCUT2D eigenvalue weighted by Crippen LogP contribution is -2.09. The van der Waals surface area contributed by atoms with Gasteiger partial charge in [-0.2, -0.15) is 0 Å². The minimum atomic E-state index is 0.898. The Balaban J connectivity index is 1.02.